The predicted octanol–water partition coefficient (Wildman–Crippen LogP) is 4.66. The van der Waals surface area contributed by atoms with Gasteiger partial charge in [-0.1, -0.05) is 57.2 Å². The summed E-state index contributed by atoms with van der Waals surface area (Å²) < 4.78 is 13.7. The lowest BCUT2D eigenvalue weighted by molar-refractivity contribution is 0.592. The van der Waals surface area contributed by atoms with Crippen LogP contribution in [-0.2, 0) is 12.0 Å². The van der Waals surface area contributed by atoms with Gasteiger partial charge in [0.05, 0.1) is 6.20 Å². The molecule has 0 bridgehead atoms. The van der Waals surface area contributed by atoms with Crippen molar-refractivity contribution in [3.8, 4) is 0 Å². The van der Waals surface area contributed by atoms with Gasteiger partial charge < -0.3 is 10.6 Å². The van der Waals surface area contributed by atoms with Crippen LogP contribution in [0.4, 0.5) is 21.8 Å². The van der Waals surface area contributed by atoms with Crippen LogP contribution in [0.5, 0.6) is 0 Å². The molecule has 0 amide bonds. The summed E-state index contributed by atoms with van der Waals surface area (Å²) in [6, 6.07) is 14.7. The molecule has 1 heterocycles. The number of nitrogens with zero attached hydrogens (tertiary/aromatic N) is 3. The van der Waals surface area contributed by atoms with Crippen LogP contribution < -0.4 is 10.6 Å². The van der Waals surface area contributed by atoms with Gasteiger partial charge in [-0.15, -0.1) is 5.10 Å². The zero-order chi connectivity index (χ0) is 18.6. The lowest BCUT2D eigenvalue weighted by atomic mass is 9.86. The molecule has 2 aromatic carbocycles. The second kappa shape index (κ2) is 7.47. The smallest absolute Gasteiger partial charge is 0.249 e. The highest BCUT2D eigenvalue weighted by Gasteiger charge is 2.18. The Bertz CT molecular complexity index is 889. The van der Waals surface area contributed by atoms with E-state index >= 15 is 0 Å². The van der Waals surface area contributed by atoms with Gasteiger partial charge in [-0.25, -0.2) is 4.39 Å². The summed E-state index contributed by atoms with van der Waals surface area (Å²) >= 11 is 0. The Morgan fingerprint density at radius 3 is 2.50 bits per heavy atom. The van der Waals surface area contributed by atoms with Crippen molar-refractivity contribution in [3.63, 3.8) is 0 Å². The van der Waals surface area contributed by atoms with Gasteiger partial charge in [-0.3, -0.25) is 0 Å². The van der Waals surface area contributed by atoms with Crippen LogP contribution in [0.2, 0.25) is 0 Å². The summed E-state index contributed by atoms with van der Waals surface area (Å²) in [7, 11) is 0. The number of benzene rings is 2. The maximum Gasteiger partial charge on any atom is 0.249 e. The standard InChI is InChI=1S/C20H22FN5/c1-20(2,3)15-9-5-7-11-17(15)24-19-25-18(13-23-26-19)22-12-14-8-4-6-10-16(14)21/h4-11,13H,12H2,1-3H3,(H2,22,24,25,26). The molecule has 0 aliphatic heterocycles. The Labute approximate surface area is 152 Å². The van der Waals surface area contributed by atoms with Crippen molar-refractivity contribution in [2.24, 2.45) is 0 Å². The Morgan fingerprint density at radius 1 is 1.00 bits per heavy atom. The van der Waals surface area contributed by atoms with E-state index in [2.05, 4.69) is 52.7 Å². The molecule has 5 nitrogen and oxygen atoms in total. The number of hydrogen-bond acceptors (Lipinski definition) is 5. The first kappa shape index (κ1) is 17.8. The molecule has 2 N–H and O–H groups in total. The monoisotopic (exact) mass is 351 g/mol. The number of para-hydroxylation sites is 1. The van der Waals surface area contributed by atoms with Gasteiger partial charge in [-0.2, -0.15) is 10.1 Å². The van der Waals surface area contributed by atoms with Crippen LogP contribution in [0, 0.1) is 5.82 Å². The summed E-state index contributed by atoms with van der Waals surface area (Å²) in [4.78, 5) is 4.42. The number of aromatic nitrogens is 3. The summed E-state index contributed by atoms with van der Waals surface area (Å²) in [6.45, 7) is 6.78. The van der Waals surface area contributed by atoms with Gasteiger partial charge in [0, 0.05) is 17.8 Å². The molecule has 0 saturated heterocycles. The summed E-state index contributed by atoms with van der Waals surface area (Å²) in [5.41, 5.74) is 2.65. The third-order valence-electron chi connectivity index (χ3n) is 3.96. The van der Waals surface area contributed by atoms with E-state index in [-0.39, 0.29) is 11.2 Å². The normalized spacial score (nSPS) is 11.2. The van der Waals surface area contributed by atoms with Gasteiger partial charge in [0.1, 0.15) is 5.82 Å². The van der Waals surface area contributed by atoms with Gasteiger partial charge in [-0.05, 0) is 23.1 Å². The van der Waals surface area contributed by atoms with E-state index in [9.17, 15) is 4.39 Å². The molecular weight excluding hydrogens is 329 g/mol. The van der Waals surface area contributed by atoms with Gasteiger partial charge in [0.2, 0.25) is 5.95 Å². The first-order valence-corrected chi connectivity index (χ1v) is 8.47. The van der Waals surface area contributed by atoms with E-state index in [0.29, 0.717) is 23.9 Å². The number of rotatable bonds is 5. The maximum absolute atomic E-state index is 13.7. The molecule has 0 aliphatic carbocycles. The Balaban J connectivity index is 1.75. The molecule has 0 saturated carbocycles. The summed E-state index contributed by atoms with van der Waals surface area (Å²) in [6.07, 6.45) is 1.52. The Kier molecular flexibility index (Phi) is 5.11. The van der Waals surface area contributed by atoms with Crippen molar-refractivity contribution in [1.29, 1.82) is 0 Å². The molecule has 3 rings (SSSR count). The quantitative estimate of drug-likeness (QED) is 0.700. The highest BCUT2D eigenvalue weighted by molar-refractivity contribution is 5.60. The molecule has 0 radical (unpaired) electrons. The van der Waals surface area contributed by atoms with Crippen LogP contribution in [-0.4, -0.2) is 15.2 Å². The van der Waals surface area contributed by atoms with E-state index in [1.165, 1.54) is 12.3 Å². The van der Waals surface area contributed by atoms with Crippen LogP contribution >= 0.6 is 0 Å². The average Bonchev–Trinajstić information content (AvgIpc) is 2.61. The third kappa shape index (κ3) is 4.33. The Hall–Kier alpha value is -3.02. The lowest BCUT2D eigenvalue weighted by Gasteiger charge is -2.22. The molecule has 1 aromatic heterocycles. The Morgan fingerprint density at radius 2 is 1.73 bits per heavy atom. The number of nitrogens with one attached hydrogen (secondary N) is 2. The fourth-order valence-electron chi connectivity index (χ4n) is 2.64. The molecule has 134 valence electrons. The topological polar surface area (TPSA) is 62.7 Å². The molecule has 0 aliphatic rings. The van der Waals surface area contributed by atoms with Crippen LogP contribution in [0.25, 0.3) is 0 Å². The average molecular weight is 351 g/mol. The third-order valence-corrected chi connectivity index (χ3v) is 3.96. The van der Waals surface area contributed by atoms with Crippen LogP contribution in [0.1, 0.15) is 31.9 Å². The number of halogens is 1. The minimum atomic E-state index is -0.250. The highest BCUT2D eigenvalue weighted by Crippen LogP contribution is 2.30. The van der Waals surface area contributed by atoms with Crippen molar-refractivity contribution in [2.45, 2.75) is 32.7 Å². The van der Waals surface area contributed by atoms with E-state index in [1.54, 1.807) is 18.2 Å². The fraction of sp³-hybridized carbons (Fsp3) is 0.250. The van der Waals surface area contributed by atoms with E-state index < -0.39 is 0 Å². The summed E-state index contributed by atoms with van der Waals surface area (Å²) in [5, 5.41) is 14.3. The number of anilines is 3. The molecule has 0 spiro atoms. The number of hydrogen-bond donors (Lipinski definition) is 2. The van der Waals surface area contributed by atoms with Crippen molar-refractivity contribution in [3.05, 3.63) is 71.7 Å². The van der Waals surface area contributed by atoms with Crippen molar-refractivity contribution < 1.29 is 4.39 Å². The second-order valence-electron chi connectivity index (χ2n) is 7.03. The zero-order valence-electron chi connectivity index (χ0n) is 15.1. The maximum atomic E-state index is 13.7. The van der Waals surface area contributed by atoms with Crippen molar-refractivity contribution >= 4 is 17.5 Å². The predicted molar refractivity (Wildman–Crippen MR) is 102 cm³/mol. The van der Waals surface area contributed by atoms with Gasteiger partial charge in [0.15, 0.2) is 5.82 Å². The van der Waals surface area contributed by atoms with Crippen LogP contribution in [0.15, 0.2) is 54.7 Å². The van der Waals surface area contributed by atoms with Crippen molar-refractivity contribution in [1.82, 2.24) is 15.2 Å². The molecule has 6 heteroatoms. The summed E-state index contributed by atoms with van der Waals surface area (Å²) in [5.74, 6) is 0.665. The minimum absolute atomic E-state index is 0.0162. The van der Waals surface area contributed by atoms with Crippen LogP contribution in [0.3, 0.4) is 0 Å². The molecule has 0 unspecified atom stereocenters. The van der Waals surface area contributed by atoms with E-state index in [1.807, 2.05) is 18.2 Å². The first-order chi connectivity index (χ1) is 12.4. The molecule has 0 atom stereocenters. The van der Waals surface area contributed by atoms with E-state index in [4.69, 9.17) is 0 Å². The van der Waals surface area contributed by atoms with E-state index in [0.717, 1.165) is 11.3 Å². The first-order valence-electron chi connectivity index (χ1n) is 8.47. The molecule has 3 aromatic rings. The van der Waals surface area contributed by atoms with Gasteiger partial charge >= 0.3 is 0 Å². The highest BCUT2D eigenvalue weighted by atomic mass is 19.1. The van der Waals surface area contributed by atoms with Crippen molar-refractivity contribution in [2.75, 3.05) is 10.6 Å². The van der Waals surface area contributed by atoms with Gasteiger partial charge in [0.25, 0.3) is 0 Å². The second-order valence-corrected chi connectivity index (χ2v) is 7.03. The molecule has 0 fully saturated rings. The fourth-order valence-corrected chi connectivity index (χ4v) is 2.64. The SMILES string of the molecule is CC(C)(C)c1ccccc1Nc1nncc(NCc2ccccc2F)n1. The lowest BCUT2D eigenvalue weighted by Crippen LogP contribution is -2.14. The largest absolute Gasteiger partial charge is 0.364 e. The molecular formula is C20H22FN5. The minimum Gasteiger partial charge on any atom is -0.364 e. The molecule has 26 heavy (non-hydrogen) atoms. The zero-order valence-corrected chi connectivity index (χ0v) is 15.1.